The molecule has 0 spiro atoms. The van der Waals surface area contributed by atoms with Crippen molar-refractivity contribution in [1.82, 2.24) is 0 Å². The number of benzene rings is 2. The van der Waals surface area contributed by atoms with Gasteiger partial charge >= 0.3 is 0 Å². The van der Waals surface area contributed by atoms with Crippen LogP contribution in [-0.2, 0) is 0 Å². The molecule has 2 aromatic carbocycles. The van der Waals surface area contributed by atoms with Crippen molar-refractivity contribution in [3.05, 3.63) is 42.5 Å². The highest BCUT2D eigenvalue weighted by molar-refractivity contribution is 7.99. The summed E-state index contributed by atoms with van der Waals surface area (Å²) in [5, 5.41) is 9.75. The van der Waals surface area contributed by atoms with E-state index in [0.29, 0.717) is 5.75 Å². The van der Waals surface area contributed by atoms with Gasteiger partial charge in [0.2, 0.25) is 0 Å². The summed E-state index contributed by atoms with van der Waals surface area (Å²) in [6.07, 6.45) is 59.9. The van der Waals surface area contributed by atoms with E-state index in [1.54, 1.807) is 23.9 Å². The molecular weight excluding hydrogens is 749 g/mol. The fourth-order valence-corrected chi connectivity index (χ4v) is 9.30. The number of phenolic OH excluding ortho intramolecular Hbond substituents is 1. The topological polar surface area (TPSA) is 45.0 Å². The first-order chi connectivity index (χ1) is 29.7. The van der Waals surface area contributed by atoms with E-state index in [2.05, 4.69) is 44.5 Å². The lowest BCUT2D eigenvalue weighted by molar-refractivity contribution is 0.475. The van der Waals surface area contributed by atoms with Gasteiger partial charge in [0.15, 0.2) is 0 Å². The lowest BCUT2D eigenvalue weighted by Gasteiger charge is -2.06. The van der Waals surface area contributed by atoms with Crippen LogP contribution in [0.4, 0.5) is 11.4 Å². The Hall–Kier alpha value is -2.07. The molecule has 0 aliphatic rings. The molecule has 0 bridgehead atoms. The lowest BCUT2D eigenvalue weighted by atomic mass is 10.0. The van der Waals surface area contributed by atoms with E-state index in [-0.39, 0.29) is 0 Å². The number of phenols is 1. The van der Waals surface area contributed by atoms with E-state index in [9.17, 15) is 5.11 Å². The summed E-state index contributed by atoms with van der Waals surface area (Å²) in [5.41, 5.74) is 1.96. The molecule has 3 nitrogen and oxygen atoms in total. The highest BCUT2D eigenvalue weighted by Gasteiger charge is 2.04. The van der Waals surface area contributed by atoms with Gasteiger partial charge in [-0.2, -0.15) is 0 Å². The monoisotopic (exact) mass is 845 g/mol. The van der Waals surface area contributed by atoms with E-state index < -0.39 is 0 Å². The van der Waals surface area contributed by atoms with Crippen molar-refractivity contribution in [3.8, 4) is 5.75 Å². The van der Waals surface area contributed by atoms with Crippen LogP contribution in [0.5, 0.6) is 5.75 Å². The molecule has 0 aliphatic heterocycles. The number of rotatable bonds is 44. The summed E-state index contributed by atoms with van der Waals surface area (Å²) in [4.78, 5) is 12.0. The Morgan fingerprint density at radius 1 is 0.350 bits per heavy atom. The Kier molecular flexibility index (Phi) is 38.1. The summed E-state index contributed by atoms with van der Waals surface area (Å²) < 4.78 is 0. The maximum Gasteiger partial charge on any atom is 0.115 e. The van der Waals surface area contributed by atoms with Crippen molar-refractivity contribution in [2.45, 2.75) is 280 Å². The van der Waals surface area contributed by atoms with Crippen LogP contribution in [0.15, 0.2) is 62.2 Å². The van der Waals surface area contributed by atoms with Crippen molar-refractivity contribution in [3.63, 3.8) is 0 Å². The minimum Gasteiger partial charge on any atom is -0.508 e. The Labute approximate surface area is 377 Å². The van der Waals surface area contributed by atoms with Crippen molar-refractivity contribution in [1.29, 1.82) is 0 Å². The Morgan fingerprint density at radius 2 is 0.617 bits per heavy atom. The Morgan fingerprint density at radius 3 is 0.900 bits per heavy atom. The van der Waals surface area contributed by atoms with Crippen molar-refractivity contribution in [2.75, 3.05) is 0 Å². The van der Waals surface area contributed by atoms with Crippen LogP contribution in [-0.4, -0.2) is 17.5 Å². The molecule has 0 saturated heterocycles. The van der Waals surface area contributed by atoms with Gasteiger partial charge < -0.3 is 5.11 Å². The molecular formula is C56H96N2OS. The average molecular weight is 845 g/mol. The molecule has 0 fully saturated rings. The molecule has 1 N–H and O–H groups in total. The van der Waals surface area contributed by atoms with E-state index in [1.165, 1.54) is 244 Å². The maximum absolute atomic E-state index is 9.75. The van der Waals surface area contributed by atoms with Gasteiger partial charge in [-0.05, 0) is 68.1 Å². The smallest absolute Gasteiger partial charge is 0.115 e. The normalized spacial score (nSPS) is 11.8. The highest BCUT2D eigenvalue weighted by Crippen LogP contribution is 2.35. The fraction of sp³-hybridized carbons (Fsp3) is 0.750. The van der Waals surface area contributed by atoms with E-state index >= 15 is 0 Å². The molecule has 2 aromatic rings. The predicted octanol–water partition coefficient (Wildman–Crippen LogP) is 20.6. The third-order valence-electron chi connectivity index (χ3n) is 12.3. The number of hydrogen-bond donors (Lipinski definition) is 1. The van der Waals surface area contributed by atoms with Crippen molar-refractivity contribution < 1.29 is 5.11 Å². The zero-order valence-electron chi connectivity index (χ0n) is 39.7. The largest absolute Gasteiger partial charge is 0.508 e. The molecule has 2 rings (SSSR count). The molecule has 0 radical (unpaired) electrons. The van der Waals surface area contributed by atoms with Crippen LogP contribution in [0.1, 0.15) is 271 Å². The number of aromatic hydroxyl groups is 1. The van der Waals surface area contributed by atoms with Crippen LogP contribution >= 0.6 is 11.8 Å². The van der Waals surface area contributed by atoms with Gasteiger partial charge in [0, 0.05) is 22.2 Å². The maximum atomic E-state index is 9.75. The van der Waals surface area contributed by atoms with Crippen LogP contribution in [0, 0.1) is 0 Å². The van der Waals surface area contributed by atoms with Crippen molar-refractivity contribution in [2.24, 2.45) is 9.98 Å². The average Bonchev–Trinajstić information content (AvgIpc) is 3.25. The highest BCUT2D eigenvalue weighted by atomic mass is 32.2. The molecule has 0 amide bonds. The first-order valence-corrected chi connectivity index (χ1v) is 27.2. The molecule has 342 valence electrons. The fourth-order valence-electron chi connectivity index (χ4n) is 8.39. The second-order valence-electron chi connectivity index (χ2n) is 18.2. The van der Waals surface area contributed by atoms with Gasteiger partial charge in [0.25, 0.3) is 0 Å². The van der Waals surface area contributed by atoms with Crippen molar-refractivity contribution >= 4 is 35.6 Å². The quantitative estimate of drug-likeness (QED) is 0.0533. The first kappa shape index (κ1) is 54.1. The Bertz CT molecular complexity index is 1190. The van der Waals surface area contributed by atoms with Crippen LogP contribution in [0.3, 0.4) is 0 Å². The van der Waals surface area contributed by atoms with E-state index in [0.717, 1.165) is 34.0 Å². The molecule has 60 heavy (non-hydrogen) atoms. The summed E-state index contributed by atoms with van der Waals surface area (Å²) in [5.74, 6) is 0.299. The Balaban J connectivity index is 1.53. The first-order valence-electron chi connectivity index (χ1n) is 26.4. The number of nitrogens with zero attached hydrogens (tertiary/aromatic N) is 2. The van der Waals surface area contributed by atoms with Gasteiger partial charge in [-0.15, -0.1) is 0 Å². The van der Waals surface area contributed by atoms with E-state index in [1.807, 2.05) is 12.1 Å². The second-order valence-corrected chi connectivity index (χ2v) is 19.4. The van der Waals surface area contributed by atoms with Gasteiger partial charge in [0.05, 0.1) is 11.4 Å². The van der Waals surface area contributed by atoms with Crippen LogP contribution < -0.4 is 0 Å². The van der Waals surface area contributed by atoms with Crippen LogP contribution in [0.2, 0.25) is 0 Å². The SMILES string of the molecule is CCCCCCCCCCCCCCCCCCCCCC=Nc1cc(N=CCCCCCCCCCCCCCCCCCCCCC)cc(Sc2ccc(O)cc2)c1. The molecule has 0 aromatic heterocycles. The van der Waals surface area contributed by atoms with Gasteiger partial charge in [-0.1, -0.05) is 257 Å². The number of unbranched alkanes of at least 4 members (excludes halogenated alkanes) is 38. The molecule has 0 saturated carbocycles. The zero-order valence-corrected chi connectivity index (χ0v) is 40.5. The minimum absolute atomic E-state index is 0.299. The van der Waals surface area contributed by atoms with Crippen LogP contribution in [0.25, 0.3) is 0 Å². The molecule has 4 heteroatoms. The molecule has 0 aliphatic carbocycles. The third-order valence-corrected chi connectivity index (χ3v) is 13.3. The summed E-state index contributed by atoms with van der Waals surface area (Å²) in [6, 6.07) is 13.9. The second kappa shape index (κ2) is 42.2. The molecule has 0 unspecified atom stereocenters. The lowest BCUT2D eigenvalue weighted by Crippen LogP contribution is -1.84. The third kappa shape index (κ3) is 34.5. The summed E-state index contributed by atoms with van der Waals surface area (Å²) in [6.45, 7) is 4.60. The zero-order chi connectivity index (χ0) is 42.7. The molecule has 0 heterocycles. The summed E-state index contributed by atoms with van der Waals surface area (Å²) in [7, 11) is 0. The van der Waals surface area contributed by atoms with Gasteiger partial charge in [-0.25, -0.2) is 0 Å². The number of aliphatic imine (C=N–C) groups is 2. The van der Waals surface area contributed by atoms with Gasteiger partial charge in [-0.3, -0.25) is 9.98 Å². The minimum atomic E-state index is 0.299. The molecule has 0 atom stereocenters. The predicted molar refractivity (Wildman–Crippen MR) is 271 cm³/mol. The summed E-state index contributed by atoms with van der Waals surface area (Å²) >= 11 is 1.70. The standard InChI is InChI=1S/C56H96N2OS/c1-3-5-7-9-11-13-15-17-19-21-23-25-27-29-31-33-35-37-39-41-47-57-52-49-53(51-56(50-52)60-55-45-43-54(59)44-46-55)58-48-42-40-38-36-34-32-30-28-26-24-22-20-18-16-14-12-10-8-6-4-2/h43-51,59H,3-42H2,1-2H3. The van der Waals surface area contributed by atoms with E-state index in [4.69, 9.17) is 9.98 Å². The number of hydrogen-bond acceptors (Lipinski definition) is 4. The van der Waals surface area contributed by atoms with Gasteiger partial charge in [0.1, 0.15) is 5.75 Å².